The molecule has 1 aliphatic rings. The van der Waals surface area contributed by atoms with Crippen molar-refractivity contribution in [3.8, 4) is 11.5 Å². The van der Waals surface area contributed by atoms with Gasteiger partial charge in [-0.3, -0.25) is 0 Å². The lowest BCUT2D eigenvalue weighted by atomic mass is 10.2. The minimum Gasteiger partial charge on any atom is -0.486 e. The Morgan fingerprint density at radius 2 is 2.08 bits per heavy atom. The van der Waals surface area contributed by atoms with Gasteiger partial charge in [0.1, 0.15) is 12.4 Å². The molecule has 1 aliphatic heterocycles. The van der Waals surface area contributed by atoms with Gasteiger partial charge in [0.2, 0.25) is 0 Å². The Morgan fingerprint density at radius 3 is 2.92 bits per heavy atom. The number of nitrogens with zero attached hydrogens (tertiary/aromatic N) is 4. The molecular formula is C18H20N4O2. The van der Waals surface area contributed by atoms with Crippen molar-refractivity contribution in [1.29, 1.82) is 0 Å². The first-order valence-corrected chi connectivity index (χ1v) is 8.18. The van der Waals surface area contributed by atoms with Gasteiger partial charge in [0, 0.05) is 24.9 Å². The second kappa shape index (κ2) is 6.03. The van der Waals surface area contributed by atoms with Gasteiger partial charge in [0.05, 0.1) is 12.7 Å². The lowest BCUT2D eigenvalue weighted by Crippen LogP contribution is -2.40. The molecule has 0 fully saturated rings. The Balaban J connectivity index is 1.57. The van der Waals surface area contributed by atoms with Gasteiger partial charge in [-0.05, 0) is 18.6 Å². The third kappa shape index (κ3) is 2.64. The topological polar surface area (TPSA) is 51.9 Å². The summed E-state index contributed by atoms with van der Waals surface area (Å²) in [5.41, 5.74) is 1.92. The van der Waals surface area contributed by atoms with E-state index in [4.69, 9.17) is 9.47 Å². The quantitative estimate of drug-likeness (QED) is 0.738. The van der Waals surface area contributed by atoms with Gasteiger partial charge in [-0.1, -0.05) is 19.1 Å². The van der Waals surface area contributed by atoms with Crippen LogP contribution in [0.1, 0.15) is 12.6 Å². The first-order chi connectivity index (χ1) is 11.7. The molecule has 4 rings (SSSR count). The van der Waals surface area contributed by atoms with Crippen LogP contribution in [0.25, 0.3) is 5.65 Å². The normalized spacial score (nSPS) is 16.3. The molecule has 0 unspecified atom stereocenters. The highest BCUT2D eigenvalue weighted by molar-refractivity contribution is 5.50. The number of likely N-dealkylation sites (N-methyl/N-ethyl adjacent to an activating group) is 1. The van der Waals surface area contributed by atoms with Crippen molar-refractivity contribution in [1.82, 2.24) is 14.6 Å². The fourth-order valence-corrected chi connectivity index (χ4v) is 2.95. The van der Waals surface area contributed by atoms with Crippen molar-refractivity contribution in [3.05, 3.63) is 48.3 Å². The van der Waals surface area contributed by atoms with Crippen molar-refractivity contribution in [3.63, 3.8) is 0 Å². The van der Waals surface area contributed by atoms with Crippen LogP contribution in [0, 0.1) is 0 Å². The number of benzene rings is 1. The third-order valence-corrected chi connectivity index (χ3v) is 4.19. The van der Waals surface area contributed by atoms with Crippen LogP contribution < -0.4 is 14.4 Å². The van der Waals surface area contributed by atoms with Gasteiger partial charge in [-0.2, -0.15) is 9.61 Å². The summed E-state index contributed by atoms with van der Waals surface area (Å²) < 4.78 is 13.7. The van der Waals surface area contributed by atoms with E-state index < -0.39 is 0 Å². The molecule has 1 aromatic carbocycles. The second-order valence-corrected chi connectivity index (χ2v) is 5.94. The highest BCUT2D eigenvalue weighted by atomic mass is 16.6. The number of aryl methyl sites for hydroxylation is 1. The smallest absolute Gasteiger partial charge is 0.161 e. The summed E-state index contributed by atoms with van der Waals surface area (Å²) in [7, 11) is 2.04. The number of para-hydroxylation sites is 2. The molecule has 2 aromatic heterocycles. The Kier molecular flexibility index (Phi) is 3.72. The van der Waals surface area contributed by atoms with E-state index in [2.05, 4.69) is 28.0 Å². The molecule has 24 heavy (non-hydrogen) atoms. The minimum atomic E-state index is -0.0336. The maximum atomic E-state index is 6.06. The van der Waals surface area contributed by atoms with E-state index in [0.29, 0.717) is 13.2 Å². The molecule has 0 radical (unpaired) electrons. The maximum Gasteiger partial charge on any atom is 0.161 e. The monoisotopic (exact) mass is 324 g/mol. The van der Waals surface area contributed by atoms with Gasteiger partial charge in [-0.15, -0.1) is 0 Å². The van der Waals surface area contributed by atoms with E-state index in [1.54, 1.807) is 6.20 Å². The van der Waals surface area contributed by atoms with Crippen LogP contribution in [0.3, 0.4) is 0 Å². The standard InChI is InChI=1S/C18H20N4O2/c1-3-13-10-18(22-17(20-13)8-9-19-22)21(2)11-14-12-23-15-6-4-5-7-16(15)24-14/h4-10,14H,3,11-12H2,1-2H3/t14-/m1/s1. The fourth-order valence-electron chi connectivity index (χ4n) is 2.95. The van der Waals surface area contributed by atoms with Crippen molar-refractivity contribution >= 4 is 11.5 Å². The number of hydrogen-bond acceptors (Lipinski definition) is 5. The van der Waals surface area contributed by atoms with Crippen LogP contribution in [0.2, 0.25) is 0 Å². The van der Waals surface area contributed by atoms with Crippen LogP contribution in [-0.2, 0) is 6.42 Å². The summed E-state index contributed by atoms with van der Waals surface area (Å²) in [6.07, 6.45) is 2.63. The average molecular weight is 324 g/mol. The van der Waals surface area contributed by atoms with Crippen LogP contribution >= 0.6 is 0 Å². The first-order valence-electron chi connectivity index (χ1n) is 8.18. The van der Waals surface area contributed by atoms with Crippen molar-refractivity contribution in [2.24, 2.45) is 0 Å². The summed E-state index contributed by atoms with van der Waals surface area (Å²) in [4.78, 5) is 6.73. The molecule has 6 heteroatoms. The van der Waals surface area contributed by atoms with E-state index in [1.165, 1.54) is 0 Å². The molecule has 1 atom stereocenters. The van der Waals surface area contributed by atoms with Gasteiger partial charge in [0.25, 0.3) is 0 Å². The molecule has 124 valence electrons. The second-order valence-electron chi connectivity index (χ2n) is 5.94. The Hall–Kier alpha value is -2.76. The Morgan fingerprint density at radius 1 is 1.25 bits per heavy atom. The number of rotatable bonds is 4. The van der Waals surface area contributed by atoms with E-state index in [1.807, 2.05) is 41.9 Å². The largest absolute Gasteiger partial charge is 0.486 e. The fraction of sp³-hybridized carbons (Fsp3) is 0.333. The van der Waals surface area contributed by atoms with Crippen molar-refractivity contribution in [2.75, 3.05) is 25.1 Å². The van der Waals surface area contributed by atoms with Crippen LogP contribution in [0.5, 0.6) is 11.5 Å². The summed E-state index contributed by atoms with van der Waals surface area (Å²) >= 11 is 0. The molecule has 0 spiro atoms. The third-order valence-electron chi connectivity index (χ3n) is 4.19. The molecule has 3 aromatic rings. The lowest BCUT2D eigenvalue weighted by Gasteiger charge is -2.30. The summed E-state index contributed by atoms with van der Waals surface area (Å²) in [6, 6.07) is 11.8. The molecule has 0 amide bonds. The zero-order chi connectivity index (χ0) is 16.5. The molecule has 3 heterocycles. The van der Waals surface area contributed by atoms with Crippen LogP contribution in [-0.4, -0.2) is 40.9 Å². The molecule has 6 nitrogen and oxygen atoms in total. The van der Waals surface area contributed by atoms with Crippen LogP contribution in [0.4, 0.5) is 5.82 Å². The number of ether oxygens (including phenoxy) is 2. The molecule has 0 N–H and O–H groups in total. The van der Waals surface area contributed by atoms with E-state index in [9.17, 15) is 0 Å². The maximum absolute atomic E-state index is 6.06. The predicted octanol–water partition coefficient (Wildman–Crippen LogP) is 2.57. The predicted molar refractivity (Wildman–Crippen MR) is 92.0 cm³/mol. The van der Waals surface area contributed by atoms with Crippen LogP contribution in [0.15, 0.2) is 42.6 Å². The zero-order valence-electron chi connectivity index (χ0n) is 13.8. The molecular weight excluding hydrogens is 304 g/mol. The number of fused-ring (bicyclic) bond motifs is 2. The van der Waals surface area contributed by atoms with E-state index in [-0.39, 0.29) is 6.10 Å². The summed E-state index contributed by atoms with van der Waals surface area (Å²) in [5, 5.41) is 4.38. The Bertz CT molecular complexity index is 861. The number of aromatic nitrogens is 3. The van der Waals surface area contributed by atoms with Gasteiger partial charge >= 0.3 is 0 Å². The van der Waals surface area contributed by atoms with Crippen molar-refractivity contribution < 1.29 is 9.47 Å². The number of hydrogen-bond donors (Lipinski definition) is 0. The summed E-state index contributed by atoms with van der Waals surface area (Å²) in [6.45, 7) is 3.35. The average Bonchev–Trinajstić information content (AvgIpc) is 3.09. The summed E-state index contributed by atoms with van der Waals surface area (Å²) in [5.74, 6) is 2.61. The van der Waals surface area contributed by atoms with E-state index in [0.717, 1.165) is 35.1 Å². The molecule has 0 saturated heterocycles. The van der Waals surface area contributed by atoms with Gasteiger partial charge < -0.3 is 14.4 Å². The highest BCUT2D eigenvalue weighted by Gasteiger charge is 2.23. The van der Waals surface area contributed by atoms with Gasteiger partial charge in [0.15, 0.2) is 23.3 Å². The molecule has 0 saturated carbocycles. The number of anilines is 1. The first kappa shape index (κ1) is 14.8. The minimum absolute atomic E-state index is 0.0336. The molecule has 0 bridgehead atoms. The highest BCUT2D eigenvalue weighted by Crippen LogP contribution is 2.31. The van der Waals surface area contributed by atoms with Crippen molar-refractivity contribution in [2.45, 2.75) is 19.4 Å². The zero-order valence-corrected chi connectivity index (χ0v) is 13.8. The molecule has 0 aliphatic carbocycles. The van der Waals surface area contributed by atoms with Gasteiger partial charge in [-0.25, -0.2) is 4.98 Å². The Labute approximate surface area is 140 Å². The van der Waals surface area contributed by atoms with E-state index >= 15 is 0 Å². The SMILES string of the molecule is CCc1cc(N(C)C[C@@H]2COc3ccccc3O2)n2nccc2n1. The lowest BCUT2D eigenvalue weighted by molar-refractivity contribution is 0.0959.